The van der Waals surface area contributed by atoms with Crippen LogP contribution in [-0.4, -0.2) is 40.1 Å². The molecule has 27 heavy (non-hydrogen) atoms. The number of rotatable bonds is 5. The third kappa shape index (κ3) is 6.19. The molecular formula is C17H19AsN4O5. The maximum atomic E-state index is 11.8. The van der Waals surface area contributed by atoms with Crippen LogP contribution < -0.4 is 9.83 Å². The van der Waals surface area contributed by atoms with Crippen molar-refractivity contribution in [3.63, 3.8) is 0 Å². The van der Waals surface area contributed by atoms with Crippen molar-refractivity contribution in [2.75, 3.05) is 0 Å². The van der Waals surface area contributed by atoms with Crippen molar-refractivity contribution in [1.82, 2.24) is 20.2 Å². The molecule has 0 aliphatic rings. The van der Waals surface area contributed by atoms with Gasteiger partial charge in [0.05, 0.1) is 6.20 Å². The fourth-order valence-electron chi connectivity index (χ4n) is 1.97. The van der Waals surface area contributed by atoms with E-state index in [4.69, 9.17) is 5.26 Å². The Hall–Kier alpha value is -2.71. The molecule has 2 heterocycles. The Morgan fingerprint density at radius 2 is 1.81 bits per heavy atom. The smallest absolute Gasteiger partial charge is 0.0568 e. The van der Waals surface area contributed by atoms with Gasteiger partial charge in [0.15, 0.2) is 0 Å². The number of hydrogen-bond donors (Lipinski definition) is 2. The summed E-state index contributed by atoms with van der Waals surface area (Å²) in [6.07, 6.45) is 7.38. The molecular weight excluding hydrogens is 415 g/mol. The number of hydrogen-bond acceptors (Lipinski definition) is 7. The van der Waals surface area contributed by atoms with Crippen LogP contribution in [-0.2, 0) is 23.3 Å². The second-order valence-electron chi connectivity index (χ2n) is 5.30. The second kappa shape index (κ2) is 9.84. The van der Waals surface area contributed by atoms with Crippen molar-refractivity contribution in [3.05, 3.63) is 67.3 Å². The Bertz CT molecular complexity index is 902. The molecule has 0 aliphatic carbocycles. The summed E-state index contributed by atoms with van der Waals surface area (Å²) in [7, 11) is 1.91. The SMILES string of the molecule is CC(=O)NO[As](=O)(OO)c1ccccc1.Cn1cc(-c2ccncc2)cn1. The first-order chi connectivity index (χ1) is 12.9. The maximum absolute atomic E-state index is 11.8. The van der Waals surface area contributed by atoms with E-state index in [1.165, 1.54) is 19.1 Å². The summed E-state index contributed by atoms with van der Waals surface area (Å²) >= 11 is -4.55. The number of benzene rings is 1. The van der Waals surface area contributed by atoms with Gasteiger partial charge in [-0.3, -0.25) is 9.67 Å². The Balaban J connectivity index is 0.000000198. The average Bonchev–Trinajstić information content (AvgIpc) is 3.14. The number of hydroxylamine groups is 1. The quantitative estimate of drug-likeness (QED) is 0.353. The largest absolute Gasteiger partial charge is 0.275 e. The van der Waals surface area contributed by atoms with E-state index >= 15 is 0 Å². The van der Waals surface area contributed by atoms with Gasteiger partial charge in [-0.2, -0.15) is 5.10 Å². The van der Waals surface area contributed by atoms with Gasteiger partial charge in [0.2, 0.25) is 0 Å². The van der Waals surface area contributed by atoms with Crippen LogP contribution in [0.1, 0.15) is 6.92 Å². The normalized spacial score (nSPS) is 12.4. The molecule has 1 atom stereocenters. The molecule has 1 unspecified atom stereocenters. The summed E-state index contributed by atoms with van der Waals surface area (Å²) in [5, 5.41) is 12.6. The minimum atomic E-state index is -4.55. The van der Waals surface area contributed by atoms with Crippen molar-refractivity contribution < 1.29 is 21.5 Å². The van der Waals surface area contributed by atoms with Crippen molar-refractivity contribution in [2.24, 2.45) is 7.05 Å². The maximum Gasteiger partial charge on any atom is 0.0568 e. The van der Waals surface area contributed by atoms with E-state index in [0.717, 1.165) is 11.1 Å². The minimum Gasteiger partial charge on any atom is -0.275 e. The van der Waals surface area contributed by atoms with Crippen molar-refractivity contribution in [3.8, 4) is 11.1 Å². The number of pyridine rings is 1. The minimum absolute atomic E-state index is 0.201. The van der Waals surface area contributed by atoms with Gasteiger partial charge in [-0.1, -0.05) is 0 Å². The molecule has 1 aromatic carbocycles. The molecule has 9 nitrogen and oxygen atoms in total. The molecule has 2 aromatic heterocycles. The topological polar surface area (TPSA) is 116 Å². The van der Waals surface area contributed by atoms with Gasteiger partial charge in [0.1, 0.15) is 0 Å². The number of nitrogens with one attached hydrogen (secondary N) is 1. The molecule has 0 saturated carbocycles. The van der Waals surface area contributed by atoms with Gasteiger partial charge in [0, 0.05) is 31.2 Å². The summed E-state index contributed by atoms with van der Waals surface area (Å²) < 4.78 is 22.3. The monoisotopic (exact) mass is 434 g/mol. The summed E-state index contributed by atoms with van der Waals surface area (Å²) in [5.74, 6) is -0.537. The molecule has 0 aliphatic heterocycles. The number of carbonyl (C=O) groups excluding carboxylic acids is 1. The van der Waals surface area contributed by atoms with E-state index in [-0.39, 0.29) is 4.35 Å². The molecule has 0 spiro atoms. The van der Waals surface area contributed by atoms with Crippen molar-refractivity contribution in [1.29, 1.82) is 0 Å². The molecule has 1 amide bonds. The van der Waals surface area contributed by atoms with Gasteiger partial charge in [0.25, 0.3) is 0 Å². The second-order valence-corrected chi connectivity index (χ2v) is 9.20. The zero-order valence-electron chi connectivity index (χ0n) is 14.7. The molecule has 2 N–H and O–H groups in total. The van der Waals surface area contributed by atoms with Gasteiger partial charge >= 0.3 is 88.7 Å². The number of carbonyl (C=O) groups is 1. The van der Waals surface area contributed by atoms with E-state index < -0.39 is 20.1 Å². The first kappa shape index (κ1) is 20.6. The standard InChI is InChI=1S/C9H9N3.C8H10AsNO5/c1-12-7-9(6-11-12)8-2-4-10-5-3-8;1-7(11)10-14-9(12,15-13)8-5-3-2-4-6-8/h2-7H,1H3;2-6,13H,1H3,(H,10,11). The predicted octanol–water partition coefficient (Wildman–Crippen LogP) is 1.30. The van der Waals surface area contributed by atoms with Gasteiger partial charge < -0.3 is 0 Å². The van der Waals surface area contributed by atoms with E-state index in [1.807, 2.05) is 37.1 Å². The third-order valence-corrected chi connectivity index (χ3v) is 6.31. The number of amides is 1. The number of aromatic nitrogens is 3. The molecule has 3 aromatic rings. The first-order valence-electron chi connectivity index (χ1n) is 7.77. The van der Waals surface area contributed by atoms with Crippen LogP contribution in [0.25, 0.3) is 11.1 Å². The molecule has 0 saturated heterocycles. The number of aryl methyl sites for hydroxylation is 1. The molecule has 0 radical (unpaired) electrons. The molecule has 10 heteroatoms. The summed E-state index contributed by atoms with van der Waals surface area (Å²) in [6.45, 7) is 1.18. The zero-order chi connectivity index (χ0) is 19.7. The molecule has 142 valence electrons. The average molecular weight is 434 g/mol. The fourth-order valence-corrected chi connectivity index (χ4v) is 4.10. The third-order valence-electron chi connectivity index (χ3n) is 3.21. The predicted molar refractivity (Wildman–Crippen MR) is 97.6 cm³/mol. The van der Waals surface area contributed by atoms with Crippen molar-refractivity contribution >= 4 is 24.4 Å². The van der Waals surface area contributed by atoms with E-state index in [9.17, 15) is 8.53 Å². The summed E-state index contributed by atoms with van der Waals surface area (Å²) in [5.41, 5.74) is 4.15. The number of nitrogens with zero attached hydrogens (tertiary/aromatic N) is 3. The van der Waals surface area contributed by atoms with Gasteiger partial charge in [-0.15, -0.1) is 0 Å². The van der Waals surface area contributed by atoms with Crippen molar-refractivity contribution in [2.45, 2.75) is 6.92 Å². The zero-order valence-corrected chi connectivity index (χ0v) is 16.6. The first-order valence-corrected chi connectivity index (χ1v) is 11.0. The summed E-state index contributed by atoms with van der Waals surface area (Å²) in [6, 6.07) is 11.8. The molecule has 3 rings (SSSR count). The van der Waals surface area contributed by atoms with Gasteiger partial charge in [-0.05, 0) is 17.7 Å². The van der Waals surface area contributed by atoms with Crippen LogP contribution in [0.2, 0.25) is 0 Å². The van der Waals surface area contributed by atoms with Crippen LogP contribution in [0.5, 0.6) is 0 Å². The van der Waals surface area contributed by atoms with E-state index in [0.29, 0.717) is 0 Å². The Kier molecular flexibility index (Phi) is 7.51. The Labute approximate surface area is 158 Å². The molecule has 0 fully saturated rings. The fraction of sp³-hybridized carbons (Fsp3) is 0.118. The van der Waals surface area contributed by atoms with Crippen LogP contribution in [0.15, 0.2) is 67.3 Å². The Morgan fingerprint density at radius 1 is 1.15 bits per heavy atom. The summed E-state index contributed by atoms with van der Waals surface area (Å²) in [4.78, 5) is 14.5. The molecule has 0 bridgehead atoms. The van der Waals surface area contributed by atoms with E-state index in [2.05, 4.69) is 17.8 Å². The Morgan fingerprint density at radius 3 is 2.33 bits per heavy atom. The van der Waals surface area contributed by atoms with Gasteiger partial charge in [-0.25, -0.2) is 0 Å². The van der Waals surface area contributed by atoms with Crippen LogP contribution >= 0.6 is 0 Å². The van der Waals surface area contributed by atoms with Crippen LogP contribution in [0.4, 0.5) is 0 Å². The van der Waals surface area contributed by atoms with E-state index in [1.54, 1.807) is 35.3 Å². The van der Waals surface area contributed by atoms with Crippen LogP contribution in [0, 0.1) is 0 Å². The van der Waals surface area contributed by atoms with Crippen LogP contribution in [0.3, 0.4) is 0 Å².